The molecule has 2 atom stereocenters. The van der Waals surface area contributed by atoms with Gasteiger partial charge in [0, 0.05) is 42.9 Å². The van der Waals surface area contributed by atoms with Crippen LogP contribution in [0.5, 0.6) is 0 Å². The highest BCUT2D eigenvalue weighted by Crippen LogP contribution is 2.29. The summed E-state index contributed by atoms with van der Waals surface area (Å²) in [6.45, 7) is 6.02. The van der Waals surface area contributed by atoms with Crippen LogP contribution >= 0.6 is 0 Å². The van der Waals surface area contributed by atoms with Crippen molar-refractivity contribution in [1.29, 1.82) is 0 Å². The summed E-state index contributed by atoms with van der Waals surface area (Å²) in [5.41, 5.74) is 2.83. The highest BCUT2D eigenvalue weighted by Gasteiger charge is 2.36. The zero-order valence-electron chi connectivity index (χ0n) is 11.7. The van der Waals surface area contributed by atoms with Crippen molar-refractivity contribution in [3.8, 4) is 0 Å². The zero-order chi connectivity index (χ0) is 13.4. The number of likely N-dealkylation sites (tertiary alicyclic amines) is 1. The van der Waals surface area contributed by atoms with Crippen LogP contribution in [0.2, 0.25) is 0 Å². The molecular weight excluding hydrogens is 240 g/mol. The van der Waals surface area contributed by atoms with Crippen LogP contribution in [0.3, 0.4) is 0 Å². The molecule has 5 nitrogen and oxygen atoms in total. The Morgan fingerprint density at radius 3 is 3.11 bits per heavy atom. The van der Waals surface area contributed by atoms with Gasteiger partial charge in [-0.2, -0.15) is 5.10 Å². The molecule has 1 amide bonds. The van der Waals surface area contributed by atoms with Gasteiger partial charge in [0.25, 0.3) is 5.91 Å². The van der Waals surface area contributed by atoms with Crippen LogP contribution in [-0.2, 0) is 13.0 Å². The summed E-state index contributed by atoms with van der Waals surface area (Å²) in [6.07, 6.45) is 4.19. The first kappa shape index (κ1) is 12.7. The van der Waals surface area contributed by atoms with Gasteiger partial charge in [0.05, 0.1) is 0 Å². The summed E-state index contributed by atoms with van der Waals surface area (Å²) in [7, 11) is 0. The molecule has 104 valence electrons. The predicted octanol–water partition coefficient (Wildman–Crippen LogP) is 1.46. The number of H-pyrrole nitrogens is 1. The molecule has 1 saturated heterocycles. The molecule has 1 fully saturated rings. The molecule has 0 saturated carbocycles. The van der Waals surface area contributed by atoms with Crippen molar-refractivity contribution >= 4 is 5.91 Å². The summed E-state index contributed by atoms with van der Waals surface area (Å²) in [4.78, 5) is 14.8. The van der Waals surface area contributed by atoms with Crippen LogP contribution in [0, 0.1) is 0 Å². The normalized spacial score (nSPS) is 26.5. The van der Waals surface area contributed by atoms with Crippen molar-refractivity contribution in [3.63, 3.8) is 0 Å². The molecule has 3 heterocycles. The number of nitrogens with one attached hydrogen (secondary N) is 2. The summed E-state index contributed by atoms with van der Waals surface area (Å²) in [6, 6.07) is 0.716. The lowest BCUT2D eigenvalue weighted by Gasteiger charge is -2.27. The van der Waals surface area contributed by atoms with Gasteiger partial charge in [0.2, 0.25) is 0 Å². The minimum atomic E-state index is 0.109. The molecule has 0 radical (unpaired) electrons. The first-order valence-corrected chi connectivity index (χ1v) is 7.31. The number of hydrogen-bond donors (Lipinski definition) is 2. The quantitative estimate of drug-likeness (QED) is 0.848. The third kappa shape index (κ3) is 2.06. The number of carbonyl (C=O) groups excluding carboxylic acids is 1. The summed E-state index contributed by atoms with van der Waals surface area (Å²) in [5, 5.41) is 10.6. The lowest BCUT2D eigenvalue weighted by molar-refractivity contribution is 0.0669. The first-order chi connectivity index (χ1) is 9.22. The molecule has 1 aromatic heterocycles. The SMILES string of the molecule is CCC1CCC(C)N1C(=O)c1n[nH]c2c1CNCC2. The molecule has 5 heteroatoms. The van der Waals surface area contributed by atoms with Gasteiger partial charge in [-0.05, 0) is 26.2 Å². The van der Waals surface area contributed by atoms with Crippen LogP contribution in [0.4, 0.5) is 0 Å². The molecule has 0 aliphatic carbocycles. The molecule has 3 rings (SSSR count). The van der Waals surface area contributed by atoms with Crippen molar-refractivity contribution in [2.24, 2.45) is 0 Å². The van der Waals surface area contributed by atoms with Crippen LogP contribution in [0.1, 0.15) is 54.9 Å². The number of amides is 1. The topological polar surface area (TPSA) is 61.0 Å². The number of fused-ring (bicyclic) bond motifs is 1. The Balaban J connectivity index is 1.89. The maximum absolute atomic E-state index is 12.8. The van der Waals surface area contributed by atoms with E-state index in [-0.39, 0.29) is 5.91 Å². The van der Waals surface area contributed by atoms with Crippen LogP contribution in [-0.4, -0.2) is 39.6 Å². The lowest BCUT2D eigenvalue weighted by atomic mass is 10.1. The van der Waals surface area contributed by atoms with Crippen molar-refractivity contribution in [3.05, 3.63) is 17.0 Å². The van der Waals surface area contributed by atoms with Gasteiger partial charge in [0.15, 0.2) is 5.69 Å². The molecular formula is C14H22N4O. The Morgan fingerprint density at radius 2 is 2.32 bits per heavy atom. The van der Waals surface area contributed by atoms with Gasteiger partial charge in [0.1, 0.15) is 0 Å². The van der Waals surface area contributed by atoms with Gasteiger partial charge in [-0.3, -0.25) is 9.89 Å². The number of rotatable bonds is 2. The van der Waals surface area contributed by atoms with E-state index in [0.717, 1.165) is 50.0 Å². The van der Waals surface area contributed by atoms with Crippen molar-refractivity contribution in [2.75, 3.05) is 6.54 Å². The van der Waals surface area contributed by atoms with Gasteiger partial charge < -0.3 is 10.2 Å². The number of aromatic nitrogens is 2. The van der Waals surface area contributed by atoms with E-state index in [1.165, 1.54) is 0 Å². The third-order valence-electron chi connectivity index (χ3n) is 4.50. The van der Waals surface area contributed by atoms with Crippen LogP contribution in [0.15, 0.2) is 0 Å². The van der Waals surface area contributed by atoms with Gasteiger partial charge in [-0.15, -0.1) is 0 Å². The van der Waals surface area contributed by atoms with Crippen LogP contribution in [0.25, 0.3) is 0 Å². The van der Waals surface area contributed by atoms with Crippen molar-refractivity contribution in [2.45, 2.75) is 58.2 Å². The molecule has 2 N–H and O–H groups in total. The second kappa shape index (κ2) is 4.96. The molecule has 0 aromatic carbocycles. The molecule has 2 aliphatic rings. The van der Waals surface area contributed by atoms with E-state index in [4.69, 9.17) is 0 Å². The maximum atomic E-state index is 12.8. The summed E-state index contributed by atoms with van der Waals surface area (Å²) < 4.78 is 0. The highest BCUT2D eigenvalue weighted by atomic mass is 16.2. The fraction of sp³-hybridized carbons (Fsp3) is 0.714. The monoisotopic (exact) mass is 262 g/mol. The van der Waals surface area contributed by atoms with E-state index >= 15 is 0 Å². The molecule has 2 unspecified atom stereocenters. The van der Waals surface area contributed by atoms with E-state index in [1.807, 2.05) is 4.90 Å². The van der Waals surface area contributed by atoms with E-state index in [1.54, 1.807) is 0 Å². The standard InChI is InChI=1S/C14H22N4O/c1-3-10-5-4-9(2)18(10)14(19)13-11-8-15-7-6-12(11)16-17-13/h9-10,15H,3-8H2,1-2H3,(H,16,17). The lowest BCUT2D eigenvalue weighted by Crippen LogP contribution is -2.40. The summed E-state index contributed by atoms with van der Waals surface area (Å²) in [5.74, 6) is 0.109. The third-order valence-corrected chi connectivity index (χ3v) is 4.50. The average molecular weight is 262 g/mol. The van der Waals surface area contributed by atoms with E-state index in [9.17, 15) is 4.79 Å². The smallest absolute Gasteiger partial charge is 0.275 e. The van der Waals surface area contributed by atoms with Gasteiger partial charge in [-0.25, -0.2) is 0 Å². The van der Waals surface area contributed by atoms with E-state index < -0.39 is 0 Å². The Labute approximate surface area is 113 Å². The van der Waals surface area contributed by atoms with Crippen molar-refractivity contribution in [1.82, 2.24) is 20.4 Å². The number of nitrogens with zero attached hydrogens (tertiary/aromatic N) is 2. The fourth-order valence-corrected chi connectivity index (χ4v) is 3.36. The largest absolute Gasteiger partial charge is 0.332 e. The van der Waals surface area contributed by atoms with Crippen LogP contribution < -0.4 is 5.32 Å². The van der Waals surface area contributed by atoms with Gasteiger partial charge >= 0.3 is 0 Å². The molecule has 19 heavy (non-hydrogen) atoms. The highest BCUT2D eigenvalue weighted by molar-refractivity contribution is 5.94. The predicted molar refractivity (Wildman–Crippen MR) is 72.9 cm³/mol. The number of aromatic amines is 1. The first-order valence-electron chi connectivity index (χ1n) is 7.31. The fourth-order valence-electron chi connectivity index (χ4n) is 3.36. The second-order valence-electron chi connectivity index (χ2n) is 5.66. The van der Waals surface area contributed by atoms with Crippen molar-refractivity contribution < 1.29 is 4.79 Å². The van der Waals surface area contributed by atoms with E-state index in [0.29, 0.717) is 17.8 Å². The molecule has 0 bridgehead atoms. The Hall–Kier alpha value is -1.36. The molecule has 1 aromatic rings. The number of hydrogen-bond acceptors (Lipinski definition) is 3. The minimum absolute atomic E-state index is 0.109. The Kier molecular flexibility index (Phi) is 3.31. The molecule has 2 aliphatic heterocycles. The Bertz CT molecular complexity index is 482. The van der Waals surface area contributed by atoms with Gasteiger partial charge in [-0.1, -0.05) is 6.92 Å². The number of carbonyl (C=O) groups is 1. The Morgan fingerprint density at radius 1 is 1.47 bits per heavy atom. The minimum Gasteiger partial charge on any atom is -0.332 e. The second-order valence-corrected chi connectivity index (χ2v) is 5.66. The zero-order valence-corrected chi connectivity index (χ0v) is 11.7. The molecule has 0 spiro atoms. The van der Waals surface area contributed by atoms with E-state index in [2.05, 4.69) is 29.4 Å². The summed E-state index contributed by atoms with van der Waals surface area (Å²) >= 11 is 0. The average Bonchev–Trinajstić information content (AvgIpc) is 3.01. The maximum Gasteiger partial charge on any atom is 0.275 e.